The summed E-state index contributed by atoms with van der Waals surface area (Å²) in [5.74, 6) is -0.282. The molecule has 0 rings (SSSR count). The third-order valence-electron chi connectivity index (χ3n) is 9.67. The van der Waals surface area contributed by atoms with Crippen LogP contribution < -0.4 is 5.32 Å². The fraction of sp³-hybridized carbons (Fsp3) is 0.975. The number of aliphatic hydroxyl groups is 3. The van der Waals surface area contributed by atoms with E-state index in [-0.39, 0.29) is 18.9 Å². The molecule has 4 N–H and O–H groups in total. The van der Waals surface area contributed by atoms with Crippen LogP contribution in [0.15, 0.2) is 0 Å². The molecule has 0 saturated carbocycles. The van der Waals surface area contributed by atoms with Gasteiger partial charge in [-0.25, -0.2) is 0 Å². The zero-order valence-corrected chi connectivity index (χ0v) is 30.5. The van der Waals surface area contributed by atoms with Crippen LogP contribution in [-0.4, -0.2) is 46.1 Å². The maximum atomic E-state index is 12.4. The van der Waals surface area contributed by atoms with Crippen LogP contribution in [0.4, 0.5) is 0 Å². The van der Waals surface area contributed by atoms with Crippen molar-refractivity contribution in [2.45, 2.75) is 244 Å². The Morgan fingerprint density at radius 3 is 1.07 bits per heavy atom. The highest BCUT2D eigenvalue weighted by Crippen LogP contribution is 2.16. The maximum absolute atomic E-state index is 12.4. The summed E-state index contributed by atoms with van der Waals surface area (Å²) >= 11 is 0. The number of carbonyl (C=O) groups excluding carboxylic acids is 1. The Hall–Kier alpha value is -0.650. The van der Waals surface area contributed by atoms with Gasteiger partial charge in [0.1, 0.15) is 0 Å². The van der Waals surface area contributed by atoms with Gasteiger partial charge >= 0.3 is 0 Å². The predicted molar refractivity (Wildman–Crippen MR) is 195 cm³/mol. The smallest absolute Gasteiger partial charge is 0.222 e. The van der Waals surface area contributed by atoms with E-state index < -0.39 is 18.2 Å². The molecular formula is C40H81NO4. The van der Waals surface area contributed by atoms with Crippen molar-refractivity contribution in [3.63, 3.8) is 0 Å². The first-order valence-electron chi connectivity index (χ1n) is 20.3. The average molecular weight is 640 g/mol. The molecule has 5 heteroatoms. The maximum Gasteiger partial charge on any atom is 0.222 e. The van der Waals surface area contributed by atoms with Crippen molar-refractivity contribution in [1.29, 1.82) is 0 Å². The van der Waals surface area contributed by atoms with Crippen molar-refractivity contribution >= 4 is 5.91 Å². The van der Waals surface area contributed by atoms with Crippen LogP contribution in [0.3, 0.4) is 0 Å². The molecular weight excluding hydrogens is 558 g/mol. The molecule has 3 atom stereocenters. The Balaban J connectivity index is 3.55. The van der Waals surface area contributed by atoms with Gasteiger partial charge in [-0.3, -0.25) is 4.79 Å². The van der Waals surface area contributed by atoms with E-state index >= 15 is 0 Å². The number of rotatable bonds is 37. The number of unbranched alkanes of at least 4 members (excludes halogenated alkanes) is 28. The van der Waals surface area contributed by atoms with Gasteiger partial charge in [0.05, 0.1) is 31.3 Å². The second kappa shape index (κ2) is 36.2. The van der Waals surface area contributed by atoms with Gasteiger partial charge in [-0.1, -0.05) is 206 Å². The van der Waals surface area contributed by atoms with Gasteiger partial charge in [-0.2, -0.15) is 0 Å². The first-order valence-corrected chi connectivity index (χ1v) is 20.3. The third kappa shape index (κ3) is 33.1. The summed E-state index contributed by atoms with van der Waals surface area (Å²) in [6, 6.07) is -0.650. The molecule has 270 valence electrons. The van der Waals surface area contributed by atoms with Crippen LogP contribution in [0.25, 0.3) is 0 Å². The normalized spacial score (nSPS) is 13.6. The molecule has 0 fully saturated rings. The molecule has 0 aliphatic carbocycles. The molecule has 1 amide bonds. The van der Waals surface area contributed by atoms with Gasteiger partial charge in [-0.05, 0) is 12.8 Å². The van der Waals surface area contributed by atoms with Gasteiger partial charge in [0.15, 0.2) is 0 Å². The molecule has 0 aliphatic heterocycles. The molecule has 0 aromatic heterocycles. The van der Waals surface area contributed by atoms with Gasteiger partial charge in [0, 0.05) is 0 Å². The second-order valence-electron chi connectivity index (χ2n) is 14.3. The highest BCUT2D eigenvalue weighted by molar-refractivity contribution is 5.76. The minimum Gasteiger partial charge on any atom is -0.394 e. The average Bonchev–Trinajstić information content (AvgIpc) is 3.03. The molecule has 0 bridgehead atoms. The first kappa shape index (κ1) is 44.4. The van der Waals surface area contributed by atoms with Crippen molar-refractivity contribution in [2.75, 3.05) is 6.61 Å². The number of amides is 1. The zero-order chi connectivity index (χ0) is 33.1. The van der Waals surface area contributed by atoms with E-state index in [2.05, 4.69) is 19.2 Å². The summed E-state index contributed by atoms with van der Waals surface area (Å²) in [4.78, 5) is 12.4. The third-order valence-corrected chi connectivity index (χ3v) is 9.67. The molecule has 0 saturated heterocycles. The summed E-state index contributed by atoms with van der Waals surface area (Å²) in [5, 5.41) is 33.2. The second-order valence-corrected chi connectivity index (χ2v) is 14.3. The Labute approximate surface area is 281 Å². The molecule has 0 aliphatic rings. The Bertz CT molecular complexity index is 587. The van der Waals surface area contributed by atoms with Gasteiger partial charge in [0.25, 0.3) is 0 Å². The lowest BCUT2D eigenvalue weighted by molar-refractivity contribution is -0.125. The van der Waals surface area contributed by atoms with Crippen molar-refractivity contribution < 1.29 is 20.1 Å². The van der Waals surface area contributed by atoms with Gasteiger partial charge < -0.3 is 20.6 Å². The van der Waals surface area contributed by atoms with E-state index in [1.54, 1.807) is 0 Å². The summed E-state index contributed by atoms with van der Waals surface area (Å²) < 4.78 is 0. The lowest BCUT2D eigenvalue weighted by Crippen LogP contribution is -2.46. The Morgan fingerprint density at radius 1 is 0.467 bits per heavy atom. The van der Waals surface area contributed by atoms with Crippen LogP contribution in [0.1, 0.15) is 226 Å². The first-order chi connectivity index (χ1) is 22.0. The molecule has 0 spiro atoms. The zero-order valence-electron chi connectivity index (χ0n) is 30.5. The van der Waals surface area contributed by atoms with Crippen molar-refractivity contribution in [3.8, 4) is 0 Å². The number of nitrogens with one attached hydrogen (secondary N) is 1. The van der Waals surface area contributed by atoms with Crippen molar-refractivity contribution in [3.05, 3.63) is 0 Å². The molecule has 0 heterocycles. The van der Waals surface area contributed by atoms with Gasteiger partial charge in [-0.15, -0.1) is 0 Å². The topological polar surface area (TPSA) is 89.8 Å². The molecule has 0 aromatic carbocycles. The fourth-order valence-corrected chi connectivity index (χ4v) is 6.52. The van der Waals surface area contributed by atoms with E-state index in [0.717, 1.165) is 25.7 Å². The highest BCUT2D eigenvalue weighted by Gasteiger charge is 2.21. The summed E-state index contributed by atoms with van der Waals surface area (Å²) in [6.07, 6.45) is 39.3. The number of hydrogen-bond donors (Lipinski definition) is 4. The molecule has 45 heavy (non-hydrogen) atoms. The minimum atomic E-state index is -0.742. The fourth-order valence-electron chi connectivity index (χ4n) is 6.52. The van der Waals surface area contributed by atoms with Crippen molar-refractivity contribution in [1.82, 2.24) is 5.32 Å². The Kier molecular flexibility index (Phi) is 35.7. The predicted octanol–water partition coefficient (Wildman–Crippen LogP) is 11.1. The Morgan fingerprint density at radius 2 is 0.756 bits per heavy atom. The number of carbonyl (C=O) groups is 1. The van der Waals surface area contributed by atoms with Crippen molar-refractivity contribution in [2.24, 2.45) is 0 Å². The largest absolute Gasteiger partial charge is 0.394 e. The van der Waals surface area contributed by atoms with Crippen LogP contribution in [0.2, 0.25) is 0 Å². The van der Waals surface area contributed by atoms with E-state index in [9.17, 15) is 20.1 Å². The van der Waals surface area contributed by atoms with Crippen LogP contribution in [0.5, 0.6) is 0 Å². The lowest BCUT2D eigenvalue weighted by atomic mass is 10.0. The van der Waals surface area contributed by atoms with Crippen LogP contribution in [-0.2, 0) is 4.79 Å². The molecule has 5 nitrogen and oxygen atoms in total. The lowest BCUT2D eigenvalue weighted by Gasteiger charge is -2.23. The van der Waals surface area contributed by atoms with Gasteiger partial charge in [0.2, 0.25) is 5.91 Å². The number of hydrogen-bond acceptors (Lipinski definition) is 4. The summed E-state index contributed by atoms with van der Waals surface area (Å²) in [5.41, 5.74) is 0. The quantitative estimate of drug-likeness (QED) is 0.0509. The van der Waals surface area contributed by atoms with E-state index in [0.29, 0.717) is 12.8 Å². The highest BCUT2D eigenvalue weighted by atomic mass is 16.3. The SMILES string of the molecule is CCCCCCCCCCCCCCCCCCCCCCCC(O)C(CO)NC(=O)CC(O)CCCCCCCCCCC. The van der Waals surface area contributed by atoms with Crippen LogP contribution >= 0.6 is 0 Å². The minimum absolute atomic E-state index is 0.0413. The monoisotopic (exact) mass is 640 g/mol. The van der Waals surface area contributed by atoms with E-state index in [4.69, 9.17) is 0 Å². The van der Waals surface area contributed by atoms with E-state index in [1.165, 1.54) is 167 Å². The molecule has 0 radical (unpaired) electrons. The molecule has 3 unspecified atom stereocenters. The summed E-state index contributed by atoms with van der Waals surface area (Å²) in [6.45, 7) is 4.25. The van der Waals surface area contributed by atoms with E-state index in [1.807, 2.05) is 0 Å². The molecule has 0 aromatic rings. The summed E-state index contributed by atoms with van der Waals surface area (Å²) in [7, 11) is 0. The standard InChI is InChI=1S/C40H81NO4/c1-3-5-7-9-11-13-14-15-16-17-18-19-20-21-22-23-24-26-28-30-32-34-39(44)38(36-42)41-40(45)35-37(43)33-31-29-27-25-12-10-8-6-4-2/h37-39,42-44H,3-36H2,1-2H3,(H,41,45). The van der Waals surface area contributed by atoms with Crippen LogP contribution in [0, 0.1) is 0 Å². The number of aliphatic hydroxyl groups excluding tert-OH is 3.